The van der Waals surface area contributed by atoms with Gasteiger partial charge in [0.15, 0.2) is 6.61 Å². The zero-order chi connectivity index (χ0) is 13.1. The number of nitriles is 1. The molecule has 0 spiro atoms. The van der Waals surface area contributed by atoms with E-state index in [0.717, 1.165) is 35.9 Å². The second-order valence-electron chi connectivity index (χ2n) is 3.59. The van der Waals surface area contributed by atoms with Crippen LogP contribution in [-0.2, 0) is 6.54 Å². The van der Waals surface area contributed by atoms with Gasteiger partial charge in [-0.05, 0) is 6.07 Å². The van der Waals surface area contributed by atoms with E-state index < -0.39 is 0 Å². The Morgan fingerprint density at radius 3 is 3.06 bits per heavy atom. The van der Waals surface area contributed by atoms with E-state index in [1.807, 2.05) is 48.2 Å². The molecule has 0 unspecified atom stereocenters. The van der Waals surface area contributed by atoms with Gasteiger partial charge in [0.1, 0.15) is 11.8 Å². The van der Waals surface area contributed by atoms with Crippen molar-refractivity contribution in [2.75, 3.05) is 24.7 Å². The third-order valence-electron chi connectivity index (χ3n) is 2.24. The van der Waals surface area contributed by atoms with Crippen molar-refractivity contribution in [3.05, 3.63) is 42.5 Å². The Morgan fingerprint density at radius 1 is 1.44 bits per heavy atom. The maximum atomic E-state index is 8.51. The third-order valence-corrected chi connectivity index (χ3v) is 3.20. The van der Waals surface area contributed by atoms with E-state index in [-0.39, 0.29) is 6.61 Å². The monoisotopic (exact) mass is 262 g/mol. The molecule has 18 heavy (non-hydrogen) atoms. The molecule has 0 heterocycles. The van der Waals surface area contributed by atoms with Gasteiger partial charge >= 0.3 is 0 Å². The molecule has 0 amide bonds. The summed E-state index contributed by atoms with van der Waals surface area (Å²) < 4.78 is 5.36. The maximum absolute atomic E-state index is 8.51. The topological polar surface area (TPSA) is 45.0 Å². The SMILES string of the molecule is C=CCSCCNCc1ccccc1OCC#N. The van der Waals surface area contributed by atoms with Crippen molar-refractivity contribution in [2.45, 2.75) is 6.54 Å². The summed E-state index contributed by atoms with van der Waals surface area (Å²) in [6, 6.07) is 9.77. The number of hydrogen-bond donors (Lipinski definition) is 1. The van der Waals surface area contributed by atoms with Crippen LogP contribution in [0.5, 0.6) is 5.75 Å². The van der Waals surface area contributed by atoms with Crippen molar-refractivity contribution in [3.63, 3.8) is 0 Å². The van der Waals surface area contributed by atoms with Gasteiger partial charge in [0.25, 0.3) is 0 Å². The second-order valence-corrected chi connectivity index (χ2v) is 4.74. The van der Waals surface area contributed by atoms with E-state index in [1.54, 1.807) is 0 Å². The smallest absolute Gasteiger partial charge is 0.174 e. The van der Waals surface area contributed by atoms with Crippen LogP contribution >= 0.6 is 11.8 Å². The third kappa shape index (κ3) is 5.76. The Morgan fingerprint density at radius 2 is 2.28 bits per heavy atom. The highest BCUT2D eigenvalue weighted by molar-refractivity contribution is 7.99. The molecule has 0 aliphatic rings. The van der Waals surface area contributed by atoms with Gasteiger partial charge in [-0.3, -0.25) is 0 Å². The average Bonchev–Trinajstić information content (AvgIpc) is 2.41. The van der Waals surface area contributed by atoms with Crippen LogP contribution in [0.3, 0.4) is 0 Å². The minimum atomic E-state index is 0.0895. The molecular weight excluding hydrogens is 244 g/mol. The number of benzene rings is 1. The molecule has 1 rings (SSSR count). The highest BCUT2D eigenvalue weighted by atomic mass is 32.2. The summed E-state index contributed by atoms with van der Waals surface area (Å²) in [5.41, 5.74) is 1.08. The van der Waals surface area contributed by atoms with Crippen LogP contribution in [-0.4, -0.2) is 24.7 Å². The van der Waals surface area contributed by atoms with Crippen molar-refractivity contribution in [3.8, 4) is 11.8 Å². The number of nitrogens with one attached hydrogen (secondary N) is 1. The molecule has 96 valence electrons. The summed E-state index contributed by atoms with van der Waals surface area (Å²) in [5.74, 6) is 2.84. The van der Waals surface area contributed by atoms with Crippen molar-refractivity contribution in [2.24, 2.45) is 0 Å². The van der Waals surface area contributed by atoms with Crippen LogP contribution in [0.2, 0.25) is 0 Å². The van der Waals surface area contributed by atoms with Crippen LogP contribution in [0.4, 0.5) is 0 Å². The molecular formula is C14H18N2OS. The molecule has 0 saturated heterocycles. The molecule has 0 radical (unpaired) electrons. The van der Waals surface area contributed by atoms with E-state index in [9.17, 15) is 0 Å². The lowest BCUT2D eigenvalue weighted by atomic mass is 10.2. The van der Waals surface area contributed by atoms with Crippen LogP contribution in [0.25, 0.3) is 0 Å². The number of ether oxygens (including phenoxy) is 1. The Labute approximate surface area is 113 Å². The van der Waals surface area contributed by atoms with E-state index in [4.69, 9.17) is 10.00 Å². The zero-order valence-corrected chi connectivity index (χ0v) is 11.2. The van der Waals surface area contributed by atoms with Crippen molar-refractivity contribution < 1.29 is 4.74 Å². The molecule has 0 fully saturated rings. The van der Waals surface area contributed by atoms with Crippen LogP contribution in [0, 0.1) is 11.3 Å². The molecule has 3 nitrogen and oxygen atoms in total. The molecule has 0 aromatic heterocycles. The summed E-state index contributed by atoms with van der Waals surface area (Å²) >= 11 is 1.85. The zero-order valence-electron chi connectivity index (χ0n) is 10.4. The number of thioether (sulfide) groups is 1. The summed E-state index contributed by atoms with van der Waals surface area (Å²) in [7, 11) is 0. The lowest BCUT2D eigenvalue weighted by molar-refractivity contribution is 0.363. The largest absolute Gasteiger partial charge is 0.478 e. The van der Waals surface area contributed by atoms with E-state index in [0.29, 0.717) is 0 Å². The first kappa shape index (κ1) is 14.6. The molecule has 1 aromatic carbocycles. The fourth-order valence-electron chi connectivity index (χ4n) is 1.43. The molecule has 0 aliphatic carbocycles. The van der Waals surface area contributed by atoms with Gasteiger partial charge in [-0.15, -0.1) is 6.58 Å². The predicted molar refractivity (Wildman–Crippen MR) is 76.8 cm³/mol. The first-order valence-electron chi connectivity index (χ1n) is 5.85. The quantitative estimate of drug-likeness (QED) is 0.549. The van der Waals surface area contributed by atoms with Crippen LogP contribution < -0.4 is 10.1 Å². The Bertz CT molecular complexity index is 401. The number of para-hydroxylation sites is 1. The summed E-state index contributed by atoms with van der Waals surface area (Å²) in [4.78, 5) is 0. The maximum Gasteiger partial charge on any atom is 0.174 e. The summed E-state index contributed by atoms with van der Waals surface area (Å²) in [6.45, 7) is 5.48. The Balaban J connectivity index is 2.32. The fraction of sp³-hybridized carbons (Fsp3) is 0.357. The van der Waals surface area contributed by atoms with Gasteiger partial charge in [-0.1, -0.05) is 24.3 Å². The first-order valence-corrected chi connectivity index (χ1v) is 7.01. The second kappa shape index (κ2) is 9.58. The van der Waals surface area contributed by atoms with Gasteiger partial charge in [-0.25, -0.2) is 0 Å². The minimum absolute atomic E-state index is 0.0895. The number of hydrogen-bond acceptors (Lipinski definition) is 4. The molecule has 0 bridgehead atoms. The van der Waals surface area contributed by atoms with Crippen molar-refractivity contribution in [1.82, 2.24) is 5.32 Å². The molecule has 0 aliphatic heterocycles. The Kier molecular flexibility index (Phi) is 7.78. The standard InChI is InChI=1S/C14H18N2OS/c1-2-10-18-11-8-16-12-13-5-3-4-6-14(13)17-9-7-15/h2-6,16H,1,8-12H2. The van der Waals surface area contributed by atoms with Gasteiger partial charge in [0.2, 0.25) is 0 Å². The normalized spacial score (nSPS) is 9.72. The number of rotatable bonds is 9. The van der Waals surface area contributed by atoms with Gasteiger partial charge < -0.3 is 10.1 Å². The highest BCUT2D eigenvalue weighted by Crippen LogP contribution is 2.17. The Hall–Kier alpha value is -1.44. The van der Waals surface area contributed by atoms with E-state index >= 15 is 0 Å². The predicted octanol–water partition coefficient (Wildman–Crippen LogP) is 2.60. The summed E-state index contributed by atoms with van der Waals surface area (Å²) in [5, 5.41) is 11.9. The van der Waals surface area contributed by atoms with Gasteiger partial charge in [0, 0.05) is 30.2 Å². The van der Waals surface area contributed by atoms with Gasteiger partial charge in [0.05, 0.1) is 0 Å². The van der Waals surface area contributed by atoms with Gasteiger partial charge in [-0.2, -0.15) is 17.0 Å². The van der Waals surface area contributed by atoms with Crippen LogP contribution in [0.1, 0.15) is 5.56 Å². The van der Waals surface area contributed by atoms with E-state index in [1.165, 1.54) is 0 Å². The molecule has 4 heteroatoms. The van der Waals surface area contributed by atoms with Crippen LogP contribution in [0.15, 0.2) is 36.9 Å². The van der Waals surface area contributed by atoms with E-state index in [2.05, 4.69) is 11.9 Å². The molecule has 0 atom stereocenters. The lowest BCUT2D eigenvalue weighted by Crippen LogP contribution is -2.17. The summed E-state index contributed by atoms with van der Waals surface area (Å²) in [6.07, 6.45) is 1.91. The molecule has 1 N–H and O–H groups in total. The fourth-order valence-corrected chi connectivity index (χ4v) is 2.06. The van der Waals surface area contributed by atoms with Crippen molar-refractivity contribution in [1.29, 1.82) is 5.26 Å². The number of nitrogens with zero attached hydrogens (tertiary/aromatic N) is 1. The average molecular weight is 262 g/mol. The highest BCUT2D eigenvalue weighted by Gasteiger charge is 2.01. The lowest BCUT2D eigenvalue weighted by Gasteiger charge is -2.09. The molecule has 1 aromatic rings. The minimum Gasteiger partial charge on any atom is -0.478 e. The van der Waals surface area contributed by atoms with Crippen molar-refractivity contribution >= 4 is 11.8 Å². The first-order chi connectivity index (χ1) is 8.88. The molecule has 0 saturated carbocycles.